The fraction of sp³-hybridized carbons (Fsp3) is 0.429. The summed E-state index contributed by atoms with van der Waals surface area (Å²) in [6.07, 6.45) is 0.246. The summed E-state index contributed by atoms with van der Waals surface area (Å²) in [7, 11) is 0. The minimum Gasteiger partial charge on any atom is -0.481 e. The molecule has 1 aromatic rings. The Balaban J connectivity index is 2.88. The molecule has 6 nitrogen and oxygen atoms in total. The van der Waals surface area contributed by atoms with E-state index in [9.17, 15) is 9.59 Å². The van der Waals surface area contributed by atoms with Gasteiger partial charge in [-0.1, -0.05) is 0 Å². The molecule has 0 aliphatic heterocycles. The van der Waals surface area contributed by atoms with Crippen LogP contribution in [0.25, 0.3) is 0 Å². The molecule has 0 radical (unpaired) electrons. The minimum absolute atomic E-state index is 0.114. The maximum absolute atomic E-state index is 10.7. The molecule has 6 heteroatoms. The number of rotatable bonds is 4. The molecule has 1 heterocycles. The van der Waals surface area contributed by atoms with E-state index >= 15 is 0 Å². The highest BCUT2D eigenvalue weighted by Crippen LogP contribution is 2.16. The average Bonchev–Trinajstić information content (AvgIpc) is 2.46. The Morgan fingerprint density at radius 1 is 1.77 bits per heavy atom. The van der Waals surface area contributed by atoms with Crippen LogP contribution < -0.4 is 11.3 Å². The second-order valence-electron chi connectivity index (χ2n) is 2.58. The average molecular weight is 186 g/mol. The number of hydrogen-bond acceptors (Lipinski definition) is 4. The number of nitrogens with two attached hydrogens (primary N) is 1. The molecule has 72 valence electrons. The molecule has 1 rings (SSSR count). The predicted octanol–water partition coefficient (Wildman–Crippen LogP) is -0.515. The molecule has 0 aliphatic carbocycles. The van der Waals surface area contributed by atoms with Crippen LogP contribution in [0.1, 0.15) is 18.1 Å². The number of carbonyl (C=O) groups is 1. The lowest BCUT2D eigenvalue weighted by Crippen LogP contribution is -2.15. The van der Waals surface area contributed by atoms with Crippen LogP contribution in [0.5, 0.6) is 0 Å². The van der Waals surface area contributed by atoms with Gasteiger partial charge >= 0.3 is 5.97 Å². The van der Waals surface area contributed by atoms with Crippen molar-refractivity contribution in [3.8, 4) is 0 Å². The van der Waals surface area contributed by atoms with E-state index in [0.29, 0.717) is 0 Å². The third-order valence-corrected chi connectivity index (χ3v) is 1.64. The van der Waals surface area contributed by atoms with Crippen molar-refractivity contribution in [1.29, 1.82) is 0 Å². The van der Waals surface area contributed by atoms with E-state index in [1.54, 1.807) is 0 Å². The van der Waals surface area contributed by atoms with E-state index in [-0.39, 0.29) is 18.7 Å². The van der Waals surface area contributed by atoms with Gasteiger partial charge in [0, 0.05) is 6.07 Å². The number of carboxylic acids is 1. The predicted molar refractivity (Wildman–Crippen MR) is 43.4 cm³/mol. The van der Waals surface area contributed by atoms with Crippen molar-refractivity contribution >= 4 is 5.97 Å². The summed E-state index contributed by atoms with van der Waals surface area (Å²) in [6.45, 7) is 0.228. The maximum atomic E-state index is 10.7. The zero-order valence-electron chi connectivity index (χ0n) is 6.82. The van der Waals surface area contributed by atoms with Gasteiger partial charge in [0.15, 0.2) is 5.76 Å². The van der Waals surface area contributed by atoms with E-state index in [1.807, 2.05) is 5.16 Å². The van der Waals surface area contributed by atoms with E-state index in [0.717, 1.165) is 6.07 Å². The van der Waals surface area contributed by atoms with Crippen LogP contribution >= 0.6 is 0 Å². The van der Waals surface area contributed by atoms with Gasteiger partial charge in [0.25, 0.3) is 5.56 Å². The van der Waals surface area contributed by atoms with Crippen LogP contribution in [-0.4, -0.2) is 22.8 Å². The Bertz CT molecular complexity index is 340. The number of hydrogen-bond donors (Lipinski definition) is 3. The highest BCUT2D eigenvalue weighted by Gasteiger charge is 2.22. The monoisotopic (exact) mass is 186 g/mol. The van der Waals surface area contributed by atoms with Gasteiger partial charge in [0.05, 0.1) is 0 Å². The zero-order valence-corrected chi connectivity index (χ0v) is 6.82. The van der Waals surface area contributed by atoms with Crippen LogP contribution in [-0.2, 0) is 4.79 Å². The van der Waals surface area contributed by atoms with Crippen LogP contribution in [0.4, 0.5) is 0 Å². The van der Waals surface area contributed by atoms with Gasteiger partial charge in [-0.15, -0.1) is 0 Å². The van der Waals surface area contributed by atoms with Crippen molar-refractivity contribution < 1.29 is 14.4 Å². The first-order chi connectivity index (χ1) is 6.15. The molecule has 1 aromatic heterocycles. The zero-order chi connectivity index (χ0) is 9.84. The van der Waals surface area contributed by atoms with Crippen LogP contribution in [0.15, 0.2) is 15.4 Å². The molecule has 0 saturated carbocycles. The van der Waals surface area contributed by atoms with Crippen molar-refractivity contribution in [1.82, 2.24) is 5.16 Å². The van der Waals surface area contributed by atoms with Crippen LogP contribution in [0, 0.1) is 0 Å². The summed E-state index contributed by atoms with van der Waals surface area (Å²) in [5, 5.41) is 10.8. The SMILES string of the molecule is NCCC(C(=O)O)c1cc(=O)[nH]o1. The second kappa shape index (κ2) is 3.90. The van der Waals surface area contributed by atoms with Gasteiger partial charge < -0.3 is 15.4 Å². The smallest absolute Gasteiger partial charge is 0.314 e. The summed E-state index contributed by atoms with van der Waals surface area (Å²) in [5.41, 5.74) is 4.77. The Kier molecular flexibility index (Phi) is 2.86. The van der Waals surface area contributed by atoms with Crippen molar-refractivity contribution in [3.05, 3.63) is 22.2 Å². The molecular weight excluding hydrogens is 176 g/mol. The van der Waals surface area contributed by atoms with E-state index in [2.05, 4.69) is 4.52 Å². The van der Waals surface area contributed by atoms with Gasteiger partial charge in [-0.3, -0.25) is 9.59 Å². The molecule has 0 amide bonds. The summed E-state index contributed by atoms with van der Waals surface area (Å²) in [4.78, 5) is 21.3. The quantitative estimate of drug-likeness (QED) is 0.586. The second-order valence-corrected chi connectivity index (χ2v) is 2.58. The number of carboxylic acid groups (broad SMARTS) is 1. The summed E-state index contributed by atoms with van der Waals surface area (Å²) >= 11 is 0. The third-order valence-electron chi connectivity index (χ3n) is 1.64. The van der Waals surface area contributed by atoms with Crippen LogP contribution in [0.2, 0.25) is 0 Å². The van der Waals surface area contributed by atoms with Gasteiger partial charge in [0.2, 0.25) is 0 Å². The first-order valence-corrected chi connectivity index (χ1v) is 3.76. The lowest BCUT2D eigenvalue weighted by Gasteiger charge is -2.05. The number of aromatic amines is 1. The molecule has 0 aliphatic rings. The lowest BCUT2D eigenvalue weighted by atomic mass is 10.0. The van der Waals surface area contributed by atoms with Gasteiger partial charge in [-0.2, -0.15) is 5.16 Å². The number of H-pyrrole nitrogens is 1. The fourth-order valence-electron chi connectivity index (χ4n) is 1.02. The molecule has 0 fully saturated rings. The summed E-state index contributed by atoms with van der Waals surface area (Å²) < 4.78 is 4.67. The number of nitrogens with one attached hydrogen (secondary N) is 1. The highest BCUT2D eigenvalue weighted by atomic mass is 16.5. The Labute approximate surface area is 73.3 Å². The van der Waals surface area contributed by atoms with Crippen molar-refractivity contribution in [2.45, 2.75) is 12.3 Å². The normalized spacial score (nSPS) is 12.7. The molecule has 1 unspecified atom stereocenters. The van der Waals surface area contributed by atoms with Gasteiger partial charge in [0.1, 0.15) is 5.92 Å². The van der Waals surface area contributed by atoms with E-state index in [1.165, 1.54) is 0 Å². The largest absolute Gasteiger partial charge is 0.481 e. The Morgan fingerprint density at radius 3 is 2.85 bits per heavy atom. The van der Waals surface area contributed by atoms with E-state index < -0.39 is 17.4 Å². The Morgan fingerprint density at radius 2 is 2.46 bits per heavy atom. The first-order valence-electron chi connectivity index (χ1n) is 3.76. The number of aromatic nitrogens is 1. The van der Waals surface area contributed by atoms with Crippen molar-refractivity contribution in [2.24, 2.45) is 5.73 Å². The number of aliphatic carboxylic acids is 1. The molecular formula is C7H10N2O4. The van der Waals surface area contributed by atoms with Crippen molar-refractivity contribution in [2.75, 3.05) is 6.54 Å². The van der Waals surface area contributed by atoms with Gasteiger partial charge in [-0.25, -0.2) is 0 Å². The van der Waals surface area contributed by atoms with E-state index in [4.69, 9.17) is 10.8 Å². The summed E-state index contributed by atoms with van der Waals surface area (Å²) in [5.74, 6) is -1.78. The molecule has 4 N–H and O–H groups in total. The first kappa shape index (κ1) is 9.53. The topological polar surface area (TPSA) is 109 Å². The molecule has 0 spiro atoms. The molecule has 13 heavy (non-hydrogen) atoms. The Hall–Kier alpha value is -1.56. The van der Waals surface area contributed by atoms with Gasteiger partial charge in [-0.05, 0) is 13.0 Å². The summed E-state index contributed by atoms with van der Waals surface area (Å²) in [6, 6.07) is 1.12. The lowest BCUT2D eigenvalue weighted by molar-refractivity contribution is -0.139. The molecule has 0 aromatic carbocycles. The third kappa shape index (κ3) is 2.19. The van der Waals surface area contributed by atoms with Crippen molar-refractivity contribution in [3.63, 3.8) is 0 Å². The fourth-order valence-corrected chi connectivity index (χ4v) is 1.02. The molecule has 0 bridgehead atoms. The maximum Gasteiger partial charge on any atom is 0.314 e. The highest BCUT2D eigenvalue weighted by molar-refractivity contribution is 5.75. The molecule has 0 saturated heterocycles. The van der Waals surface area contributed by atoms with Crippen LogP contribution in [0.3, 0.4) is 0 Å². The standard InChI is InChI=1S/C7H10N2O4/c8-2-1-4(7(11)12)5-3-6(10)9-13-5/h3-4H,1-2,8H2,(H,9,10)(H,11,12). The minimum atomic E-state index is -1.05. The molecule has 1 atom stereocenters.